The van der Waals surface area contributed by atoms with Gasteiger partial charge < -0.3 is 9.88 Å². The summed E-state index contributed by atoms with van der Waals surface area (Å²) in [5.74, 6) is -0.275. The van der Waals surface area contributed by atoms with Crippen molar-refractivity contribution in [1.82, 2.24) is 4.57 Å². The van der Waals surface area contributed by atoms with Gasteiger partial charge in [-0.15, -0.1) is 11.6 Å². The number of alkyl halides is 1. The van der Waals surface area contributed by atoms with Crippen LogP contribution in [0.25, 0.3) is 0 Å². The van der Waals surface area contributed by atoms with Crippen LogP contribution in [0.1, 0.15) is 20.3 Å². The maximum absolute atomic E-state index is 11.4. The smallest absolute Gasteiger partial charge is 0.250 e. The third kappa shape index (κ3) is 3.38. The number of carbonyl (C=O) groups excluding carboxylic acids is 1. The first-order chi connectivity index (χ1) is 7.54. The van der Waals surface area contributed by atoms with Gasteiger partial charge in [0, 0.05) is 18.8 Å². The van der Waals surface area contributed by atoms with E-state index in [0.29, 0.717) is 12.2 Å². The summed E-state index contributed by atoms with van der Waals surface area (Å²) in [6.45, 7) is 4.22. The topological polar surface area (TPSA) is 51.1 Å². The number of anilines is 1. The second-order valence-electron chi connectivity index (χ2n) is 3.55. The fraction of sp³-hybridized carbons (Fsp3) is 0.455. The number of nitrogens with one attached hydrogen (secondary N) is 1. The molecule has 0 aliphatic rings. The maximum atomic E-state index is 11.4. The van der Waals surface area contributed by atoms with E-state index < -0.39 is 5.38 Å². The van der Waals surface area contributed by atoms with E-state index in [4.69, 9.17) is 11.6 Å². The molecule has 4 nitrogen and oxygen atoms in total. The van der Waals surface area contributed by atoms with Gasteiger partial charge in [0.25, 0.3) is 5.56 Å². The first-order valence-electron chi connectivity index (χ1n) is 5.20. The molecule has 0 spiro atoms. The average molecular weight is 243 g/mol. The lowest BCUT2D eigenvalue weighted by Gasteiger charge is -2.09. The Morgan fingerprint density at radius 3 is 2.81 bits per heavy atom. The van der Waals surface area contributed by atoms with Crippen molar-refractivity contribution in [2.75, 3.05) is 5.32 Å². The van der Waals surface area contributed by atoms with Gasteiger partial charge in [-0.05, 0) is 19.4 Å². The second-order valence-corrected chi connectivity index (χ2v) is 4.21. The Kier molecular flexibility index (Phi) is 4.55. The summed E-state index contributed by atoms with van der Waals surface area (Å²) in [4.78, 5) is 22.7. The van der Waals surface area contributed by atoms with Crippen LogP contribution in [0.15, 0.2) is 23.1 Å². The highest BCUT2D eigenvalue weighted by molar-refractivity contribution is 6.32. The molecule has 0 radical (unpaired) electrons. The quantitative estimate of drug-likeness (QED) is 0.819. The molecule has 0 aliphatic carbocycles. The van der Waals surface area contributed by atoms with Crippen molar-refractivity contribution in [3.8, 4) is 0 Å². The van der Waals surface area contributed by atoms with Gasteiger partial charge in [0.1, 0.15) is 5.38 Å². The van der Waals surface area contributed by atoms with Crippen LogP contribution in [0.4, 0.5) is 5.69 Å². The Balaban J connectivity index is 2.86. The minimum atomic E-state index is -0.591. The summed E-state index contributed by atoms with van der Waals surface area (Å²) in [5.41, 5.74) is 0.518. The average Bonchev–Trinajstić information content (AvgIpc) is 2.23. The summed E-state index contributed by atoms with van der Waals surface area (Å²) in [7, 11) is 0. The molecule has 1 N–H and O–H groups in total. The Hall–Kier alpha value is -1.29. The molecule has 0 saturated heterocycles. The van der Waals surface area contributed by atoms with Gasteiger partial charge in [-0.3, -0.25) is 9.59 Å². The van der Waals surface area contributed by atoms with Crippen molar-refractivity contribution in [2.24, 2.45) is 0 Å². The Bertz CT molecular complexity index is 426. The summed E-state index contributed by atoms with van der Waals surface area (Å²) < 4.78 is 1.56. The maximum Gasteiger partial charge on any atom is 0.250 e. The van der Waals surface area contributed by atoms with Crippen LogP contribution in [0.3, 0.4) is 0 Å². The van der Waals surface area contributed by atoms with Crippen molar-refractivity contribution in [3.05, 3.63) is 28.7 Å². The molecule has 16 heavy (non-hydrogen) atoms. The molecule has 1 amide bonds. The zero-order chi connectivity index (χ0) is 12.1. The van der Waals surface area contributed by atoms with Crippen LogP contribution in [0.2, 0.25) is 0 Å². The van der Waals surface area contributed by atoms with Crippen LogP contribution in [-0.2, 0) is 11.3 Å². The summed E-state index contributed by atoms with van der Waals surface area (Å²) in [5, 5.41) is 2.05. The van der Waals surface area contributed by atoms with Gasteiger partial charge >= 0.3 is 0 Å². The van der Waals surface area contributed by atoms with E-state index in [1.807, 2.05) is 6.92 Å². The number of aryl methyl sites for hydroxylation is 1. The lowest BCUT2D eigenvalue weighted by molar-refractivity contribution is -0.115. The number of aromatic nitrogens is 1. The van der Waals surface area contributed by atoms with E-state index in [1.165, 1.54) is 6.07 Å². The lowest BCUT2D eigenvalue weighted by atomic mass is 10.3. The molecule has 0 saturated carbocycles. The molecule has 0 aliphatic heterocycles. The summed E-state index contributed by atoms with van der Waals surface area (Å²) in [6.07, 6.45) is 2.49. The Morgan fingerprint density at radius 1 is 1.56 bits per heavy atom. The molecule has 0 fully saturated rings. The minimum Gasteiger partial charge on any atom is -0.324 e. The second kappa shape index (κ2) is 5.70. The molecule has 0 bridgehead atoms. The standard InChI is InChI=1S/C11H15ClN2O2/c1-3-6-14-7-9(4-5-10(14)15)13-11(16)8(2)12/h4-5,7-8H,3,6H2,1-2H3,(H,13,16). The van der Waals surface area contributed by atoms with Gasteiger partial charge in [0.2, 0.25) is 5.91 Å². The van der Waals surface area contributed by atoms with Crippen molar-refractivity contribution < 1.29 is 4.79 Å². The fourth-order valence-electron chi connectivity index (χ4n) is 1.26. The van der Waals surface area contributed by atoms with Gasteiger partial charge in [-0.1, -0.05) is 6.92 Å². The molecular weight excluding hydrogens is 228 g/mol. The van der Waals surface area contributed by atoms with Crippen LogP contribution < -0.4 is 10.9 Å². The highest BCUT2D eigenvalue weighted by atomic mass is 35.5. The highest BCUT2D eigenvalue weighted by Gasteiger charge is 2.09. The molecule has 5 heteroatoms. The predicted octanol–water partition coefficient (Wildman–Crippen LogP) is 1.82. The molecule has 1 unspecified atom stereocenters. The van der Waals surface area contributed by atoms with Crippen LogP contribution >= 0.6 is 11.6 Å². The number of carbonyl (C=O) groups is 1. The molecule has 0 aromatic carbocycles. The zero-order valence-corrected chi connectivity index (χ0v) is 10.1. The number of hydrogen-bond donors (Lipinski definition) is 1. The predicted molar refractivity (Wildman–Crippen MR) is 64.9 cm³/mol. The third-order valence-corrected chi connectivity index (χ3v) is 2.27. The monoisotopic (exact) mass is 242 g/mol. The Morgan fingerprint density at radius 2 is 2.25 bits per heavy atom. The lowest BCUT2D eigenvalue weighted by Crippen LogP contribution is -2.23. The number of pyridine rings is 1. The van der Waals surface area contributed by atoms with E-state index in [0.717, 1.165) is 6.42 Å². The van der Waals surface area contributed by atoms with E-state index >= 15 is 0 Å². The minimum absolute atomic E-state index is 0.0706. The van der Waals surface area contributed by atoms with Gasteiger partial charge in [0.15, 0.2) is 0 Å². The number of nitrogens with zero attached hydrogens (tertiary/aromatic N) is 1. The number of hydrogen-bond acceptors (Lipinski definition) is 2. The van der Waals surface area contributed by atoms with Gasteiger partial charge in [0.05, 0.1) is 5.69 Å². The summed E-state index contributed by atoms with van der Waals surface area (Å²) >= 11 is 5.63. The first-order valence-corrected chi connectivity index (χ1v) is 5.63. The molecule has 88 valence electrons. The van der Waals surface area contributed by atoms with Gasteiger partial charge in [-0.25, -0.2) is 0 Å². The van der Waals surface area contributed by atoms with Gasteiger partial charge in [-0.2, -0.15) is 0 Å². The molecule has 1 rings (SSSR count). The van der Waals surface area contributed by atoms with E-state index in [1.54, 1.807) is 23.8 Å². The molecular formula is C11H15ClN2O2. The zero-order valence-electron chi connectivity index (χ0n) is 9.37. The van der Waals surface area contributed by atoms with Crippen molar-refractivity contribution in [3.63, 3.8) is 0 Å². The molecule has 1 heterocycles. The first kappa shape index (κ1) is 12.8. The van der Waals surface area contributed by atoms with E-state index in [-0.39, 0.29) is 11.5 Å². The molecule has 1 aromatic heterocycles. The molecule has 1 atom stereocenters. The van der Waals surface area contributed by atoms with Crippen molar-refractivity contribution in [1.29, 1.82) is 0 Å². The van der Waals surface area contributed by atoms with E-state index in [9.17, 15) is 9.59 Å². The molecule has 1 aromatic rings. The van der Waals surface area contributed by atoms with E-state index in [2.05, 4.69) is 5.32 Å². The van der Waals surface area contributed by atoms with Crippen LogP contribution in [-0.4, -0.2) is 15.9 Å². The largest absolute Gasteiger partial charge is 0.324 e. The van der Waals surface area contributed by atoms with Crippen molar-refractivity contribution in [2.45, 2.75) is 32.2 Å². The number of rotatable bonds is 4. The van der Waals surface area contributed by atoms with Crippen molar-refractivity contribution >= 4 is 23.2 Å². The SMILES string of the molecule is CCCn1cc(NC(=O)C(C)Cl)ccc1=O. The number of halogens is 1. The summed E-state index contributed by atoms with van der Waals surface area (Å²) in [6, 6.07) is 3.01. The van der Waals surface area contributed by atoms with Crippen LogP contribution in [0, 0.1) is 0 Å². The van der Waals surface area contributed by atoms with Crippen LogP contribution in [0.5, 0.6) is 0 Å². The Labute approximate surface area is 99.2 Å². The number of amides is 1. The normalized spacial score (nSPS) is 12.2. The highest BCUT2D eigenvalue weighted by Crippen LogP contribution is 2.06. The fourth-order valence-corrected chi connectivity index (χ4v) is 1.32. The third-order valence-electron chi connectivity index (χ3n) is 2.08.